The van der Waals surface area contributed by atoms with Crippen molar-refractivity contribution in [2.24, 2.45) is 0 Å². The van der Waals surface area contributed by atoms with E-state index < -0.39 is 5.82 Å². The van der Waals surface area contributed by atoms with Crippen LogP contribution < -0.4 is 10.6 Å². The predicted molar refractivity (Wildman–Crippen MR) is 122 cm³/mol. The molecule has 0 bridgehead atoms. The second kappa shape index (κ2) is 9.05. The molecule has 8 heteroatoms. The van der Waals surface area contributed by atoms with Crippen molar-refractivity contribution in [2.75, 3.05) is 18.9 Å². The summed E-state index contributed by atoms with van der Waals surface area (Å²) in [4.78, 5) is 29.4. The lowest BCUT2D eigenvalue weighted by atomic mass is 9.95. The van der Waals surface area contributed by atoms with E-state index in [1.807, 2.05) is 26.0 Å². The van der Waals surface area contributed by atoms with Crippen molar-refractivity contribution in [3.8, 4) is 11.3 Å². The first kappa shape index (κ1) is 21.3. The van der Waals surface area contributed by atoms with Crippen LogP contribution in [0.3, 0.4) is 0 Å². The Balaban J connectivity index is 1.59. The third-order valence-corrected chi connectivity index (χ3v) is 5.30. The van der Waals surface area contributed by atoms with Crippen molar-refractivity contribution in [3.63, 3.8) is 0 Å². The zero-order chi connectivity index (χ0) is 22.7. The summed E-state index contributed by atoms with van der Waals surface area (Å²) in [6.45, 7) is 4.53. The minimum atomic E-state index is -0.470. The fourth-order valence-corrected chi connectivity index (χ4v) is 3.64. The van der Waals surface area contributed by atoms with E-state index in [-0.39, 0.29) is 22.8 Å². The third-order valence-electron chi connectivity index (χ3n) is 5.30. The molecular weight excluding hydrogens is 407 g/mol. The molecule has 1 amide bonds. The molecular formula is C24H23FN6O. The van der Waals surface area contributed by atoms with Crippen molar-refractivity contribution < 1.29 is 9.18 Å². The van der Waals surface area contributed by atoms with Crippen LogP contribution in [0.1, 0.15) is 34.3 Å². The van der Waals surface area contributed by atoms with E-state index in [9.17, 15) is 9.18 Å². The molecule has 3 heterocycles. The molecule has 4 rings (SSSR count). The van der Waals surface area contributed by atoms with E-state index in [0.29, 0.717) is 17.9 Å². The lowest BCUT2D eigenvalue weighted by Crippen LogP contribution is -2.19. The minimum absolute atomic E-state index is 0.0235. The fraction of sp³-hybridized carbons (Fsp3) is 0.208. The number of carbonyl (C=O) groups is 1. The molecule has 0 spiro atoms. The van der Waals surface area contributed by atoms with Crippen LogP contribution in [-0.4, -0.2) is 39.4 Å². The van der Waals surface area contributed by atoms with E-state index >= 15 is 0 Å². The lowest BCUT2D eigenvalue weighted by Gasteiger charge is -2.17. The number of pyridine rings is 2. The summed E-state index contributed by atoms with van der Waals surface area (Å²) in [7, 11) is 1.52. The zero-order valence-electron chi connectivity index (χ0n) is 18.1. The standard InChI is InChI=1S/C24H23FN6O/c1-14-8-16(12-27-10-14)20-9-21(31-13-30-20)29-11-15(2)17-4-5-19(25)22-18(24(32)26-3)6-7-28-23(17)22/h4-10,12-13,15H,11H2,1-3H3,(H,26,32)(H,29,30,31)/t15-/m1/s1. The van der Waals surface area contributed by atoms with Crippen LogP contribution in [-0.2, 0) is 0 Å². The molecule has 0 saturated heterocycles. The number of amides is 1. The Morgan fingerprint density at radius 2 is 1.97 bits per heavy atom. The Labute approximate surface area is 185 Å². The topological polar surface area (TPSA) is 92.7 Å². The lowest BCUT2D eigenvalue weighted by molar-refractivity contribution is 0.0964. The van der Waals surface area contributed by atoms with Gasteiger partial charge in [0.05, 0.1) is 16.8 Å². The van der Waals surface area contributed by atoms with Gasteiger partial charge >= 0.3 is 0 Å². The van der Waals surface area contributed by atoms with Crippen molar-refractivity contribution in [2.45, 2.75) is 19.8 Å². The van der Waals surface area contributed by atoms with Crippen molar-refractivity contribution in [1.29, 1.82) is 0 Å². The van der Waals surface area contributed by atoms with Crippen LogP contribution in [0.2, 0.25) is 0 Å². The highest BCUT2D eigenvalue weighted by molar-refractivity contribution is 6.06. The number of fused-ring (bicyclic) bond motifs is 1. The quantitative estimate of drug-likeness (QED) is 0.478. The minimum Gasteiger partial charge on any atom is -0.369 e. The highest BCUT2D eigenvalue weighted by atomic mass is 19.1. The second-order valence-electron chi connectivity index (χ2n) is 7.62. The van der Waals surface area contributed by atoms with Crippen molar-refractivity contribution in [1.82, 2.24) is 25.3 Å². The number of benzene rings is 1. The number of aryl methyl sites for hydroxylation is 1. The van der Waals surface area contributed by atoms with Gasteiger partial charge in [-0.3, -0.25) is 14.8 Å². The first-order valence-corrected chi connectivity index (χ1v) is 10.2. The maximum absolute atomic E-state index is 14.6. The Kier molecular flexibility index (Phi) is 6.02. The SMILES string of the molecule is CNC(=O)c1ccnc2c([C@H](C)CNc3cc(-c4cncc(C)c4)ncn3)ccc(F)c12. The molecule has 0 aliphatic rings. The number of carbonyl (C=O) groups excluding carboxylic acids is 1. The molecule has 0 fully saturated rings. The number of anilines is 1. The number of halogens is 1. The molecule has 2 N–H and O–H groups in total. The van der Waals surface area contributed by atoms with E-state index in [4.69, 9.17) is 0 Å². The molecule has 0 saturated carbocycles. The number of rotatable bonds is 6. The molecule has 0 radical (unpaired) electrons. The molecule has 1 atom stereocenters. The third kappa shape index (κ3) is 4.25. The molecule has 0 aliphatic carbocycles. The second-order valence-corrected chi connectivity index (χ2v) is 7.62. The summed E-state index contributed by atoms with van der Waals surface area (Å²) in [5.41, 5.74) is 4.33. The van der Waals surface area contributed by atoms with Gasteiger partial charge in [0.2, 0.25) is 0 Å². The van der Waals surface area contributed by atoms with Crippen molar-refractivity contribution in [3.05, 3.63) is 77.8 Å². The summed E-state index contributed by atoms with van der Waals surface area (Å²) in [6, 6.07) is 8.51. The van der Waals surface area contributed by atoms with Gasteiger partial charge in [-0.05, 0) is 36.2 Å². The zero-order valence-corrected chi connectivity index (χ0v) is 18.1. The molecule has 0 aliphatic heterocycles. The van der Waals surface area contributed by atoms with Crippen LogP contribution in [0, 0.1) is 12.7 Å². The van der Waals surface area contributed by atoms with Gasteiger partial charge in [-0.25, -0.2) is 14.4 Å². The first-order valence-electron chi connectivity index (χ1n) is 10.2. The van der Waals surface area contributed by atoms with Gasteiger partial charge in [0.15, 0.2) is 0 Å². The predicted octanol–water partition coefficient (Wildman–Crippen LogP) is 4.11. The summed E-state index contributed by atoms with van der Waals surface area (Å²) >= 11 is 0. The first-order chi connectivity index (χ1) is 15.5. The smallest absolute Gasteiger partial charge is 0.251 e. The number of hydrogen-bond acceptors (Lipinski definition) is 6. The van der Waals surface area contributed by atoms with Gasteiger partial charge in [0, 0.05) is 55.1 Å². The maximum atomic E-state index is 14.6. The summed E-state index contributed by atoms with van der Waals surface area (Å²) < 4.78 is 14.6. The van der Waals surface area contributed by atoms with Gasteiger partial charge in [0.1, 0.15) is 18.0 Å². The monoisotopic (exact) mass is 430 g/mol. The Morgan fingerprint density at radius 1 is 1.12 bits per heavy atom. The van der Waals surface area contributed by atoms with Crippen LogP contribution in [0.4, 0.5) is 10.2 Å². The van der Waals surface area contributed by atoms with E-state index in [1.165, 1.54) is 31.7 Å². The largest absolute Gasteiger partial charge is 0.369 e. The summed E-state index contributed by atoms with van der Waals surface area (Å²) in [5, 5.41) is 6.11. The number of nitrogens with one attached hydrogen (secondary N) is 2. The van der Waals surface area contributed by atoms with Crippen molar-refractivity contribution >= 4 is 22.6 Å². The fourth-order valence-electron chi connectivity index (χ4n) is 3.64. The highest BCUT2D eigenvalue weighted by Crippen LogP contribution is 2.29. The highest BCUT2D eigenvalue weighted by Gasteiger charge is 2.18. The van der Waals surface area contributed by atoms with Gasteiger partial charge < -0.3 is 10.6 Å². The van der Waals surface area contributed by atoms with Crippen LogP contribution >= 0.6 is 0 Å². The molecule has 0 unspecified atom stereocenters. The Bertz CT molecular complexity index is 1290. The molecule has 162 valence electrons. The Morgan fingerprint density at radius 3 is 2.75 bits per heavy atom. The van der Waals surface area contributed by atoms with Crippen LogP contribution in [0.25, 0.3) is 22.2 Å². The molecule has 3 aromatic heterocycles. The normalized spacial score (nSPS) is 11.9. The molecule has 4 aromatic rings. The van der Waals surface area contributed by atoms with Gasteiger partial charge in [-0.1, -0.05) is 13.0 Å². The molecule has 32 heavy (non-hydrogen) atoms. The van der Waals surface area contributed by atoms with E-state index in [2.05, 4.69) is 30.6 Å². The van der Waals surface area contributed by atoms with E-state index in [1.54, 1.807) is 18.5 Å². The molecule has 1 aromatic carbocycles. The summed E-state index contributed by atoms with van der Waals surface area (Å²) in [5.74, 6) is -0.167. The number of nitrogens with zero attached hydrogens (tertiary/aromatic N) is 4. The number of aromatic nitrogens is 4. The maximum Gasteiger partial charge on any atom is 0.251 e. The molecule has 7 nitrogen and oxygen atoms in total. The number of hydrogen-bond donors (Lipinski definition) is 2. The summed E-state index contributed by atoms with van der Waals surface area (Å²) in [6.07, 6.45) is 6.60. The van der Waals surface area contributed by atoms with Crippen LogP contribution in [0.15, 0.2) is 55.2 Å². The van der Waals surface area contributed by atoms with Gasteiger partial charge in [-0.2, -0.15) is 0 Å². The average molecular weight is 430 g/mol. The Hall–Kier alpha value is -3.94. The van der Waals surface area contributed by atoms with Crippen LogP contribution in [0.5, 0.6) is 0 Å². The van der Waals surface area contributed by atoms with Gasteiger partial charge in [-0.15, -0.1) is 0 Å². The van der Waals surface area contributed by atoms with Gasteiger partial charge in [0.25, 0.3) is 5.91 Å². The van der Waals surface area contributed by atoms with E-state index in [0.717, 1.165) is 22.4 Å². The average Bonchev–Trinajstić information content (AvgIpc) is 2.82.